The summed E-state index contributed by atoms with van der Waals surface area (Å²) < 4.78 is 14.9. The zero-order valence-electron chi connectivity index (χ0n) is 27.1. The molecule has 3 atom stereocenters. The molecule has 1 saturated carbocycles. The van der Waals surface area contributed by atoms with Crippen LogP contribution >= 0.6 is 0 Å². The fourth-order valence-corrected chi connectivity index (χ4v) is 12.0. The van der Waals surface area contributed by atoms with Crippen LogP contribution in [0, 0.1) is 5.92 Å². The van der Waals surface area contributed by atoms with E-state index in [0.29, 0.717) is 13.0 Å². The van der Waals surface area contributed by atoms with E-state index < -0.39 is 20.0 Å². The second-order valence-corrected chi connectivity index (χ2v) is 17.6. The van der Waals surface area contributed by atoms with Gasteiger partial charge in [0.05, 0.1) is 18.8 Å². The Balaban J connectivity index is 1.45. The van der Waals surface area contributed by atoms with Crippen molar-refractivity contribution in [1.82, 2.24) is 0 Å². The Morgan fingerprint density at radius 1 is 0.630 bits per heavy atom. The van der Waals surface area contributed by atoms with Gasteiger partial charge in [0.15, 0.2) is 0 Å². The van der Waals surface area contributed by atoms with Crippen LogP contribution in [0.4, 0.5) is 0 Å². The van der Waals surface area contributed by atoms with Crippen LogP contribution < -0.4 is 10.4 Å². The second-order valence-electron chi connectivity index (χ2n) is 13.3. The Kier molecular flexibility index (Phi) is 9.26. The molecule has 5 aromatic carbocycles. The van der Waals surface area contributed by atoms with Crippen molar-refractivity contribution in [3.05, 3.63) is 181 Å². The minimum absolute atomic E-state index is 0.197. The van der Waals surface area contributed by atoms with Crippen molar-refractivity contribution < 1.29 is 14.3 Å². The number of aliphatic hydroxyl groups excluding tert-OH is 1. The molecule has 234 valence electrons. The summed E-state index contributed by atoms with van der Waals surface area (Å²) in [5, 5.41) is 13.6. The smallest absolute Gasteiger partial charge is 0.261 e. The standard InChI is InChI=1S/C42H44O3Si/c1-32-38(31-44-42(33-20-10-5-11-21-33,34-22-12-6-13-23-34)35-24-14-7-15-25-35)40(30-39(32)43)45-46(41(2,3)4,36-26-16-8-17-27-36)37-28-18-9-19-29-37/h5-29,38-40,43H,1,30-31H2,2-4H3/t38-,39+,40-/m0/s1. The highest BCUT2D eigenvalue weighted by Gasteiger charge is 2.54. The van der Waals surface area contributed by atoms with Crippen molar-refractivity contribution >= 4 is 18.7 Å². The molecule has 0 heterocycles. The highest BCUT2D eigenvalue weighted by Crippen LogP contribution is 2.45. The Bertz CT molecular complexity index is 1560. The van der Waals surface area contributed by atoms with E-state index in [9.17, 15) is 5.11 Å². The van der Waals surface area contributed by atoms with Gasteiger partial charge < -0.3 is 14.3 Å². The normalized spacial score (nSPS) is 18.9. The molecular weight excluding hydrogens is 581 g/mol. The van der Waals surface area contributed by atoms with Crippen molar-refractivity contribution in [2.24, 2.45) is 5.92 Å². The van der Waals surface area contributed by atoms with Crippen LogP contribution in [-0.2, 0) is 14.8 Å². The van der Waals surface area contributed by atoms with Crippen LogP contribution in [0.1, 0.15) is 43.9 Å². The Hall–Kier alpha value is -4.06. The third-order valence-corrected chi connectivity index (χ3v) is 14.6. The SMILES string of the molecule is C=C1[C@H](O)C[C@H](O[Si](c2ccccc2)(c2ccccc2)C(C)(C)C)[C@H]1COC(c1ccccc1)(c1ccccc1)c1ccccc1. The van der Waals surface area contributed by atoms with E-state index in [1.54, 1.807) is 0 Å². The van der Waals surface area contributed by atoms with Gasteiger partial charge in [-0.2, -0.15) is 0 Å². The van der Waals surface area contributed by atoms with Gasteiger partial charge in [0.2, 0.25) is 0 Å². The van der Waals surface area contributed by atoms with Crippen molar-refractivity contribution in [2.45, 2.75) is 50.0 Å². The summed E-state index contributed by atoms with van der Waals surface area (Å²) in [6.07, 6.45) is -0.475. The third kappa shape index (κ3) is 5.83. The van der Waals surface area contributed by atoms with Gasteiger partial charge in [-0.25, -0.2) is 0 Å². The van der Waals surface area contributed by atoms with Crippen molar-refractivity contribution in [1.29, 1.82) is 0 Å². The molecule has 0 unspecified atom stereocenters. The van der Waals surface area contributed by atoms with Crippen LogP contribution in [0.2, 0.25) is 5.04 Å². The Labute approximate surface area is 275 Å². The summed E-state index contributed by atoms with van der Waals surface area (Å²) in [4.78, 5) is 0. The maximum Gasteiger partial charge on any atom is 0.261 e. The molecule has 0 aliphatic heterocycles. The van der Waals surface area contributed by atoms with E-state index in [4.69, 9.17) is 9.16 Å². The fourth-order valence-electron chi connectivity index (χ4n) is 7.27. The van der Waals surface area contributed by atoms with E-state index in [2.05, 4.69) is 161 Å². The van der Waals surface area contributed by atoms with Gasteiger partial charge in [-0.05, 0) is 37.7 Å². The monoisotopic (exact) mass is 624 g/mol. The molecule has 5 aromatic rings. The first-order chi connectivity index (χ1) is 22.3. The van der Waals surface area contributed by atoms with Crippen molar-refractivity contribution in [3.63, 3.8) is 0 Å². The summed E-state index contributed by atoms with van der Waals surface area (Å²) >= 11 is 0. The van der Waals surface area contributed by atoms with Gasteiger partial charge in [0, 0.05) is 12.3 Å². The third-order valence-electron chi connectivity index (χ3n) is 9.57. The molecule has 4 heteroatoms. The van der Waals surface area contributed by atoms with Gasteiger partial charge in [-0.15, -0.1) is 0 Å². The number of hydrogen-bond acceptors (Lipinski definition) is 3. The van der Waals surface area contributed by atoms with E-state index in [0.717, 1.165) is 22.3 Å². The van der Waals surface area contributed by atoms with E-state index >= 15 is 0 Å². The first-order valence-corrected chi connectivity index (χ1v) is 18.1. The molecule has 0 saturated heterocycles. The van der Waals surface area contributed by atoms with Crippen LogP contribution in [-0.4, -0.2) is 32.2 Å². The molecule has 46 heavy (non-hydrogen) atoms. The van der Waals surface area contributed by atoms with Crippen LogP contribution in [0.25, 0.3) is 0 Å². The molecule has 1 aliphatic carbocycles. The number of benzene rings is 5. The van der Waals surface area contributed by atoms with Crippen LogP contribution in [0.15, 0.2) is 164 Å². The molecule has 0 radical (unpaired) electrons. The summed E-state index contributed by atoms with van der Waals surface area (Å²) in [7, 11) is -2.89. The lowest BCUT2D eigenvalue weighted by Gasteiger charge is -2.46. The van der Waals surface area contributed by atoms with Gasteiger partial charge in [-0.1, -0.05) is 179 Å². The molecule has 0 amide bonds. The van der Waals surface area contributed by atoms with E-state index in [1.165, 1.54) is 10.4 Å². The molecular formula is C42H44O3Si. The lowest BCUT2D eigenvalue weighted by molar-refractivity contribution is -0.0197. The molecule has 1 fully saturated rings. The van der Waals surface area contributed by atoms with Gasteiger partial charge in [0.1, 0.15) is 5.60 Å². The maximum atomic E-state index is 11.3. The maximum absolute atomic E-state index is 11.3. The lowest BCUT2D eigenvalue weighted by atomic mass is 9.80. The molecule has 1 N–H and O–H groups in total. The van der Waals surface area contributed by atoms with Gasteiger partial charge >= 0.3 is 0 Å². The largest absolute Gasteiger partial charge is 0.404 e. The predicted molar refractivity (Wildman–Crippen MR) is 191 cm³/mol. The van der Waals surface area contributed by atoms with E-state index in [-0.39, 0.29) is 17.1 Å². The molecule has 1 aliphatic rings. The first-order valence-electron chi connectivity index (χ1n) is 16.2. The Morgan fingerprint density at radius 3 is 1.37 bits per heavy atom. The van der Waals surface area contributed by atoms with Crippen LogP contribution in [0.5, 0.6) is 0 Å². The topological polar surface area (TPSA) is 38.7 Å². The highest BCUT2D eigenvalue weighted by molar-refractivity contribution is 6.99. The zero-order valence-corrected chi connectivity index (χ0v) is 28.1. The van der Waals surface area contributed by atoms with Crippen molar-refractivity contribution in [3.8, 4) is 0 Å². The van der Waals surface area contributed by atoms with Crippen LogP contribution in [0.3, 0.4) is 0 Å². The summed E-state index contributed by atoms with van der Waals surface area (Å²) in [6, 6.07) is 52.7. The molecule has 0 spiro atoms. The molecule has 6 rings (SSSR count). The van der Waals surface area contributed by atoms with Crippen molar-refractivity contribution in [2.75, 3.05) is 6.61 Å². The number of ether oxygens (including phenoxy) is 1. The summed E-state index contributed by atoms with van der Waals surface area (Å²) in [5.41, 5.74) is 3.02. The lowest BCUT2D eigenvalue weighted by Crippen LogP contribution is -2.68. The average Bonchev–Trinajstić information content (AvgIpc) is 3.36. The minimum Gasteiger partial charge on any atom is -0.404 e. The average molecular weight is 625 g/mol. The van der Waals surface area contributed by atoms with Gasteiger partial charge in [-0.3, -0.25) is 0 Å². The first kappa shape index (κ1) is 31.9. The Morgan fingerprint density at radius 2 is 1.00 bits per heavy atom. The minimum atomic E-state index is -2.89. The van der Waals surface area contributed by atoms with E-state index in [1.807, 2.05) is 18.2 Å². The van der Waals surface area contributed by atoms with Gasteiger partial charge in [0.25, 0.3) is 8.32 Å². The number of rotatable bonds is 10. The quantitative estimate of drug-likeness (QED) is 0.0976. The number of aliphatic hydroxyl groups is 1. The zero-order chi connectivity index (χ0) is 32.2. The summed E-state index contributed by atoms with van der Waals surface area (Å²) in [5.74, 6) is -0.216. The second kappa shape index (κ2) is 13.3. The molecule has 0 bridgehead atoms. The molecule has 0 aromatic heterocycles. The highest BCUT2D eigenvalue weighted by atomic mass is 28.4. The fraction of sp³-hybridized carbons (Fsp3) is 0.238. The predicted octanol–water partition coefficient (Wildman–Crippen LogP) is 7.88. The number of hydrogen-bond donors (Lipinski definition) is 1. The summed E-state index contributed by atoms with van der Waals surface area (Å²) in [6.45, 7) is 11.6. The molecule has 3 nitrogen and oxygen atoms in total.